The quantitative estimate of drug-likeness (QED) is 0.784. The van der Waals surface area contributed by atoms with Crippen molar-refractivity contribution in [2.24, 2.45) is 5.73 Å². The molecule has 0 aliphatic carbocycles. The minimum absolute atomic E-state index is 0.464. The maximum atomic E-state index is 5.65. The van der Waals surface area contributed by atoms with E-state index in [0.717, 1.165) is 43.4 Å². The molecule has 2 N–H and O–H groups in total. The van der Waals surface area contributed by atoms with Crippen molar-refractivity contribution in [1.82, 2.24) is 14.9 Å². The predicted octanol–water partition coefficient (Wildman–Crippen LogP) is 1.02. The van der Waals surface area contributed by atoms with E-state index in [0.29, 0.717) is 6.54 Å². The van der Waals surface area contributed by atoms with Crippen molar-refractivity contribution in [2.45, 2.75) is 26.8 Å². The topological polar surface area (TPSA) is 58.3 Å². The Labute approximate surface area is 110 Å². The van der Waals surface area contributed by atoms with Gasteiger partial charge in [-0.05, 0) is 47.0 Å². The summed E-state index contributed by atoms with van der Waals surface area (Å²) in [6, 6.07) is 1.94. The van der Waals surface area contributed by atoms with Crippen LogP contribution in [0.2, 0.25) is 0 Å². The van der Waals surface area contributed by atoms with Crippen LogP contribution in [0.4, 0.5) is 5.95 Å². The minimum Gasteiger partial charge on any atom is -0.341 e. The Morgan fingerprint density at radius 1 is 1.22 bits per heavy atom. The summed E-state index contributed by atoms with van der Waals surface area (Å²) < 4.78 is 0. The Morgan fingerprint density at radius 2 is 1.94 bits per heavy atom. The lowest BCUT2D eigenvalue weighted by molar-refractivity contribution is 0.400. The normalized spacial score (nSPS) is 11.0. The Kier molecular flexibility index (Phi) is 6.01. The average molecular weight is 251 g/mol. The van der Waals surface area contributed by atoms with E-state index in [9.17, 15) is 0 Å². The maximum absolute atomic E-state index is 5.65. The van der Waals surface area contributed by atoms with Gasteiger partial charge in [-0.2, -0.15) is 0 Å². The molecular formula is C13H25N5. The Bertz CT molecular complexity index is 364. The van der Waals surface area contributed by atoms with Gasteiger partial charge in [-0.1, -0.05) is 0 Å². The van der Waals surface area contributed by atoms with Gasteiger partial charge < -0.3 is 15.5 Å². The second-order valence-corrected chi connectivity index (χ2v) is 4.74. The second-order valence-electron chi connectivity index (χ2n) is 4.74. The van der Waals surface area contributed by atoms with Gasteiger partial charge in [-0.25, -0.2) is 9.97 Å². The summed E-state index contributed by atoms with van der Waals surface area (Å²) in [5, 5.41) is 0. The summed E-state index contributed by atoms with van der Waals surface area (Å²) in [5.41, 5.74) is 7.54. The number of rotatable bonds is 7. The second kappa shape index (κ2) is 7.28. The van der Waals surface area contributed by atoms with Crippen LogP contribution in [-0.2, 0) is 6.54 Å². The first kappa shape index (κ1) is 14.9. The summed E-state index contributed by atoms with van der Waals surface area (Å²) in [4.78, 5) is 13.4. The van der Waals surface area contributed by atoms with Gasteiger partial charge in [0.25, 0.3) is 0 Å². The smallest absolute Gasteiger partial charge is 0.225 e. The Morgan fingerprint density at radius 3 is 2.50 bits per heavy atom. The van der Waals surface area contributed by atoms with Crippen molar-refractivity contribution in [3.05, 3.63) is 17.5 Å². The lowest BCUT2D eigenvalue weighted by Crippen LogP contribution is -2.29. The first-order valence-electron chi connectivity index (χ1n) is 6.51. The SMILES string of the molecule is CCN(CCCN(C)C)c1nc(C)cc(CN)n1. The Balaban J connectivity index is 2.71. The summed E-state index contributed by atoms with van der Waals surface area (Å²) >= 11 is 0. The molecule has 5 nitrogen and oxygen atoms in total. The van der Waals surface area contributed by atoms with Crippen LogP contribution in [-0.4, -0.2) is 48.6 Å². The molecule has 0 aliphatic heterocycles. The van der Waals surface area contributed by atoms with Crippen molar-refractivity contribution >= 4 is 5.95 Å². The van der Waals surface area contributed by atoms with Crippen LogP contribution in [0.5, 0.6) is 0 Å². The van der Waals surface area contributed by atoms with Gasteiger partial charge in [0.2, 0.25) is 5.95 Å². The monoisotopic (exact) mass is 251 g/mol. The first-order chi connectivity index (χ1) is 8.56. The largest absolute Gasteiger partial charge is 0.341 e. The third kappa shape index (κ3) is 4.58. The van der Waals surface area contributed by atoms with E-state index < -0.39 is 0 Å². The van der Waals surface area contributed by atoms with Crippen molar-refractivity contribution in [3.8, 4) is 0 Å². The molecule has 0 radical (unpaired) electrons. The molecule has 1 rings (SSSR count). The van der Waals surface area contributed by atoms with E-state index >= 15 is 0 Å². The highest BCUT2D eigenvalue weighted by molar-refractivity contribution is 5.32. The van der Waals surface area contributed by atoms with Crippen LogP contribution >= 0.6 is 0 Å². The molecule has 0 spiro atoms. The molecule has 1 aromatic rings. The van der Waals surface area contributed by atoms with Crippen LogP contribution in [0.25, 0.3) is 0 Å². The van der Waals surface area contributed by atoms with Crippen molar-refractivity contribution in [1.29, 1.82) is 0 Å². The van der Waals surface area contributed by atoms with Crippen molar-refractivity contribution in [3.63, 3.8) is 0 Å². The lowest BCUT2D eigenvalue weighted by atomic mass is 10.3. The van der Waals surface area contributed by atoms with Crippen LogP contribution in [0.15, 0.2) is 6.07 Å². The molecule has 5 heteroatoms. The molecule has 0 fully saturated rings. The number of aromatic nitrogens is 2. The zero-order valence-electron chi connectivity index (χ0n) is 12.0. The summed E-state index contributed by atoms with van der Waals surface area (Å²) in [7, 11) is 4.18. The molecule has 0 aromatic carbocycles. The highest BCUT2D eigenvalue weighted by atomic mass is 15.2. The van der Waals surface area contributed by atoms with Gasteiger partial charge in [0.1, 0.15) is 0 Å². The molecule has 102 valence electrons. The van der Waals surface area contributed by atoms with Crippen LogP contribution in [0, 0.1) is 6.92 Å². The standard InChI is InChI=1S/C13H25N5/c1-5-18(8-6-7-17(3)4)13-15-11(2)9-12(10-14)16-13/h9H,5-8,10,14H2,1-4H3. The number of nitrogens with zero attached hydrogens (tertiary/aromatic N) is 4. The van der Waals surface area contributed by atoms with E-state index in [1.54, 1.807) is 0 Å². The van der Waals surface area contributed by atoms with Crippen LogP contribution in [0.1, 0.15) is 24.7 Å². The summed E-state index contributed by atoms with van der Waals surface area (Å²) in [5.74, 6) is 0.803. The van der Waals surface area contributed by atoms with Gasteiger partial charge >= 0.3 is 0 Å². The van der Waals surface area contributed by atoms with Crippen LogP contribution in [0.3, 0.4) is 0 Å². The first-order valence-corrected chi connectivity index (χ1v) is 6.51. The van der Waals surface area contributed by atoms with Gasteiger partial charge in [-0.3, -0.25) is 0 Å². The molecule has 0 atom stereocenters. The van der Waals surface area contributed by atoms with Gasteiger partial charge in [0.15, 0.2) is 0 Å². The van der Waals surface area contributed by atoms with E-state index in [2.05, 4.69) is 40.8 Å². The Hall–Kier alpha value is -1.20. The average Bonchev–Trinajstić information content (AvgIpc) is 2.33. The third-order valence-electron chi connectivity index (χ3n) is 2.80. The number of aryl methyl sites for hydroxylation is 1. The number of hydrogen-bond donors (Lipinski definition) is 1. The van der Waals surface area contributed by atoms with Gasteiger partial charge in [-0.15, -0.1) is 0 Å². The molecule has 0 unspecified atom stereocenters. The zero-order valence-corrected chi connectivity index (χ0v) is 12.0. The predicted molar refractivity (Wildman–Crippen MR) is 75.7 cm³/mol. The van der Waals surface area contributed by atoms with E-state index in [1.807, 2.05) is 13.0 Å². The van der Waals surface area contributed by atoms with Crippen LogP contribution < -0.4 is 10.6 Å². The zero-order chi connectivity index (χ0) is 13.5. The molecule has 0 saturated carbocycles. The van der Waals surface area contributed by atoms with Gasteiger partial charge in [0, 0.05) is 25.3 Å². The molecule has 0 amide bonds. The summed E-state index contributed by atoms with van der Waals surface area (Å²) in [6.45, 7) is 7.54. The molecule has 0 saturated heterocycles. The molecular weight excluding hydrogens is 226 g/mol. The van der Waals surface area contributed by atoms with Crippen molar-refractivity contribution < 1.29 is 0 Å². The molecule has 0 aliphatic rings. The number of nitrogens with two attached hydrogens (primary N) is 1. The minimum atomic E-state index is 0.464. The molecule has 1 heterocycles. The summed E-state index contributed by atoms with van der Waals surface area (Å²) in [6.07, 6.45) is 1.11. The molecule has 1 aromatic heterocycles. The molecule has 18 heavy (non-hydrogen) atoms. The fourth-order valence-corrected chi connectivity index (χ4v) is 1.84. The van der Waals surface area contributed by atoms with Gasteiger partial charge in [0.05, 0.1) is 5.69 Å². The third-order valence-corrected chi connectivity index (χ3v) is 2.80. The molecule has 0 bridgehead atoms. The van der Waals surface area contributed by atoms with E-state index in [-0.39, 0.29) is 0 Å². The highest BCUT2D eigenvalue weighted by Crippen LogP contribution is 2.10. The van der Waals surface area contributed by atoms with Crippen molar-refractivity contribution in [2.75, 3.05) is 38.6 Å². The fraction of sp³-hybridized carbons (Fsp3) is 0.692. The highest BCUT2D eigenvalue weighted by Gasteiger charge is 2.09. The number of hydrogen-bond acceptors (Lipinski definition) is 5. The number of anilines is 1. The van der Waals surface area contributed by atoms with E-state index in [4.69, 9.17) is 5.73 Å². The van der Waals surface area contributed by atoms with E-state index in [1.165, 1.54) is 0 Å². The lowest BCUT2D eigenvalue weighted by Gasteiger charge is -2.22. The fourth-order valence-electron chi connectivity index (χ4n) is 1.84. The maximum Gasteiger partial charge on any atom is 0.225 e.